The summed E-state index contributed by atoms with van der Waals surface area (Å²) < 4.78 is 51.9. The van der Waals surface area contributed by atoms with Gasteiger partial charge in [0, 0.05) is 13.5 Å². The Morgan fingerprint density at radius 3 is 2.29 bits per heavy atom. The SMILES string of the molecule is CC(=O)NCc1ccc(S(=O)(=O)N(c2ccccc2)[C@@H]2CCS(=O)(=O)C2)cc1. The summed E-state index contributed by atoms with van der Waals surface area (Å²) in [6, 6.07) is 14.1. The second-order valence-corrected chi connectivity index (χ2v) is 10.8. The van der Waals surface area contributed by atoms with E-state index in [1.807, 2.05) is 0 Å². The summed E-state index contributed by atoms with van der Waals surface area (Å²) in [7, 11) is -7.21. The Morgan fingerprint density at radius 1 is 1.11 bits per heavy atom. The Labute approximate surface area is 165 Å². The Balaban J connectivity index is 1.96. The van der Waals surface area contributed by atoms with Gasteiger partial charge < -0.3 is 5.32 Å². The normalized spacial score (nSPS) is 18.5. The van der Waals surface area contributed by atoms with Gasteiger partial charge in [-0.3, -0.25) is 9.10 Å². The number of hydrogen-bond acceptors (Lipinski definition) is 5. The second-order valence-electron chi connectivity index (χ2n) is 6.75. The molecule has 150 valence electrons. The number of anilines is 1. The quantitative estimate of drug-likeness (QED) is 0.764. The molecule has 1 saturated heterocycles. The minimum atomic E-state index is -3.95. The third-order valence-electron chi connectivity index (χ3n) is 4.57. The van der Waals surface area contributed by atoms with Crippen LogP contribution in [0.2, 0.25) is 0 Å². The minimum Gasteiger partial charge on any atom is -0.352 e. The van der Waals surface area contributed by atoms with Crippen LogP contribution in [0.25, 0.3) is 0 Å². The zero-order valence-corrected chi connectivity index (χ0v) is 17.0. The van der Waals surface area contributed by atoms with Gasteiger partial charge in [0.05, 0.1) is 28.1 Å². The summed E-state index contributed by atoms with van der Waals surface area (Å²) in [4.78, 5) is 11.1. The topological polar surface area (TPSA) is 101 Å². The molecule has 7 nitrogen and oxygen atoms in total. The number of amides is 1. The largest absolute Gasteiger partial charge is 0.352 e. The van der Waals surface area contributed by atoms with Gasteiger partial charge in [0.15, 0.2) is 9.84 Å². The molecule has 1 aliphatic heterocycles. The average Bonchev–Trinajstić information content (AvgIpc) is 3.00. The molecular formula is C19H22N2O5S2. The number of rotatable bonds is 6. The number of sulfonamides is 1. The van der Waals surface area contributed by atoms with E-state index in [9.17, 15) is 21.6 Å². The maximum absolute atomic E-state index is 13.4. The van der Waals surface area contributed by atoms with Crippen LogP contribution in [0.4, 0.5) is 5.69 Å². The van der Waals surface area contributed by atoms with Gasteiger partial charge in [-0.25, -0.2) is 16.8 Å². The smallest absolute Gasteiger partial charge is 0.264 e. The molecule has 1 fully saturated rings. The van der Waals surface area contributed by atoms with Crippen molar-refractivity contribution in [2.75, 3.05) is 15.8 Å². The third kappa shape index (κ3) is 4.53. The van der Waals surface area contributed by atoms with Crippen molar-refractivity contribution in [2.24, 2.45) is 0 Å². The highest BCUT2D eigenvalue weighted by molar-refractivity contribution is 7.93. The summed E-state index contributed by atoms with van der Waals surface area (Å²) in [6.07, 6.45) is 0.261. The van der Waals surface area contributed by atoms with E-state index in [1.165, 1.54) is 23.4 Å². The summed E-state index contributed by atoms with van der Waals surface area (Å²) in [5.41, 5.74) is 1.20. The third-order valence-corrected chi connectivity index (χ3v) is 8.22. The summed E-state index contributed by atoms with van der Waals surface area (Å²) >= 11 is 0. The van der Waals surface area contributed by atoms with Gasteiger partial charge in [-0.15, -0.1) is 0 Å². The molecule has 1 N–H and O–H groups in total. The van der Waals surface area contributed by atoms with Crippen LogP contribution in [0.15, 0.2) is 59.5 Å². The highest BCUT2D eigenvalue weighted by Gasteiger charge is 2.39. The summed E-state index contributed by atoms with van der Waals surface area (Å²) in [5.74, 6) is -0.386. The Morgan fingerprint density at radius 2 is 1.75 bits per heavy atom. The van der Waals surface area contributed by atoms with E-state index >= 15 is 0 Å². The van der Waals surface area contributed by atoms with Gasteiger partial charge in [0.2, 0.25) is 5.91 Å². The van der Waals surface area contributed by atoms with E-state index in [1.54, 1.807) is 42.5 Å². The van der Waals surface area contributed by atoms with Crippen molar-refractivity contribution in [3.8, 4) is 0 Å². The second kappa shape index (κ2) is 7.92. The van der Waals surface area contributed by atoms with E-state index in [2.05, 4.69) is 5.32 Å². The lowest BCUT2D eigenvalue weighted by molar-refractivity contribution is -0.119. The first-order valence-corrected chi connectivity index (χ1v) is 12.1. The monoisotopic (exact) mass is 422 g/mol. The predicted molar refractivity (Wildman–Crippen MR) is 107 cm³/mol. The van der Waals surface area contributed by atoms with E-state index in [0.29, 0.717) is 12.2 Å². The van der Waals surface area contributed by atoms with Crippen molar-refractivity contribution in [1.29, 1.82) is 0 Å². The fraction of sp³-hybridized carbons (Fsp3) is 0.316. The van der Waals surface area contributed by atoms with Crippen molar-refractivity contribution in [1.82, 2.24) is 5.32 Å². The number of benzene rings is 2. The molecule has 1 atom stereocenters. The van der Waals surface area contributed by atoms with Crippen molar-refractivity contribution in [3.05, 3.63) is 60.2 Å². The van der Waals surface area contributed by atoms with Crippen LogP contribution in [0.1, 0.15) is 18.9 Å². The van der Waals surface area contributed by atoms with Gasteiger partial charge in [-0.1, -0.05) is 30.3 Å². The molecule has 0 radical (unpaired) electrons. The number of sulfone groups is 1. The highest BCUT2D eigenvalue weighted by Crippen LogP contribution is 2.30. The molecule has 0 spiro atoms. The van der Waals surface area contributed by atoms with E-state index in [4.69, 9.17) is 0 Å². The van der Waals surface area contributed by atoms with Crippen LogP contribution in [-0.2, 0) is 31.2 Å². The standard InChI is InChI=1S/C19H22N2O5S2/c1-15(22)20-13-16-7-9-19(10-8-16)28(25,26)21(17-5-3-2-4-6-17)18-11-12-27(23,24)14-18/h2-10,18H,11-14H2,1H3,(H,20,22)/t18-/m1/s1. The number of hydrogen-bond donors (Lipinski definition) is 1. The molecule has 28 heavy (non-hydrogen) atoms. The van der Waals surface area contributed by atoms with E-state index < -0.39 is 25.9 Å². The van der Waals surface area contributed by atoms with Crippen molar-refractivity contribution in [3.63, 3.8) is 0 Å². The van der Waals surface area contributed by atoms with Gasteiger partial charge >= 0.3 is 0 Å². The molecule has 0 aromatic heterocycles. The predicted octanol–water partition coefficient (Wildman–Crippen LogP) is 1.71. The fourth-order valence-corrected chi connectivity index (χ4v) is 6.67. The summed E-state index contributed by atoms with van der Waals surface area (Å²) in [6.45, 7) is 1.71. The van der Waals surface area contributed by atoms with Crippen LogP contribution in [-0.4, -0.2) is 40.3 Å². The van der Waals surface area contributed by atoms with Crippen LogP contribution in [0.5, 0.6) is 0 Å². The summed E-state index contributed by atoms with van der Waals surface area (Å²) in [5, 5.41) is 2.66. The molecule has 0 saturated carbocycles. The molecule has 1 aliphatic rings. The molecule has 1 heterocycles. The fourth-order valence-electron chi connectivity index (χ4n) is 3.20. The van der Waals surface area contributed by atoms with Crippen molar-refractivity contribution >= 4 is 31.5 Å². The molecule has 0 bridgehead atoms. The first-order chi connectivity index (χ1) is 13.2. The molecule has 0 unspecified atom stereocenters. The molecule has 0 aliphatic carbocycles. The number of nitrogens with zero attached hydrogens (tertiary/aromatic N) is 1. The maximum Gasteiger partial charge on any atom is 0.264 e. The molecule has 3 rings (SSSR count). The van der Waals surface area contributed by atoms with Crippen LogP contribution < -0.4 is 9.62 Å². The molecule has 9 heteroatoms. The van der Waals surface area contributed by atoms with E-state index in [0.717, 1.165) is 5.56 Å². The van der Waals surface area contributed by atoms with Gasteiger partial charge in [0.25, 0.3) is 10.0 Å². The lowest BCUT2D eigenvalue weighted by atomic mass is 10.2. The molecular weight excluding hydrogens is 400 g/mol. The van der Waals surface area contributed by atoms with E-state index in [-0.39, 0.29) is 28.7 Å². The van der Waals surface area contributed by atoms with Crippen LogP contribution >= 0.6 is 0 Å². The molecule has 2 aromatic rings. The highest BCUT2D eigenvalue weighted by atomic mass is 32.2. The van der Waals surface area contributed by atoms with Crippen LogP contribution in [0, 0.1) is 0 Å². The number of para-hydroxylation sites is 1. The van der Waals surface area contributed by atoms with Gasteiger partial charge in [-0.2, -0.15) is 0 Å². The Kier molecular flexibility index (Phi) is 5.76. The van der Waals surface area contributed by atoms with Crippen LogP contribution in [0.3, 0.4) is 0 Å². The maximum atomic E-state index is 13.4. The molecule has 1 amide bonds. The minimum absolute atomic E-state index is 0.0217. The zero-order chi connectivity index (χ0) is 20.4. The van der Waals surface area contributed by atoms with Gasteiger partial charge in [-0.05, 0) is 36.2 Å². The lowest BCUT2D eigenvalue weighted by Crippen LogP contribution is -2.41. The van der Waals surface area contributed by atoms with Gasteiger partial charge in [0.1, 0.15) is 0 Å². The number of carbonyl (C=O) groups excluding carboxylic acids is 1. The number of carbonyl (C=O) groups is 1. The Bertz CT molecular complexity index is 1050. The average molecular weight is 423 g/mol. The zero-order valence-electron chi connectivity index (χ0n) is 15.4. The first kappa shape index (κ1) is 20.3. The molecule has 2 aromatic carbocycles. The first-order valence-electron chi connectivity index (χ1n) is 8.82. The van der Waals surface area contributed by atoms with Crippen molar-refractivity contribution in [2.45, 2.75) is 30.8 Å². The number of nitrogens with one attached hydrogen (secondary N) is 1. The van der Waals surface area contributed by atoms with Crippen molar-refractivity contribution < 1.29 is 21.6 Å². The Hall–Kier alpha value is -2.39. The lowest BCUT2D eigenvalue weighted by Gasteiger charge is -2.29.